The summed E-state index contributed by atoms with van der Waals surface area (Å²) in [6.07, 6.45) is 3.23. The predicted octanol–water partition coefficient (Wildman–Crippen LogP) is 4.84. The predicted molar refractivity (Wildman–Crippen MR) is 129 cm³/mol. The molecule has 1 N–H and O–H groups in total. The second-order valence-electron chi connectivity index (χ2n) is 7.83. The zero-order valence-corrected chi connectivity index (χ0v) is 19.5. The van der Waals surface area contributed by atoms with E-state index in [9.17, 15) is 14.7 Å². The number of aliphatic hydroxyl groups is 1. The molecule has 3 aromatic rings. The summed E-state index contributed by atoms with van der Waals surface area (Å²) in [4.78, 5) is 33.9. The average Bonchev–Trinajstić information content (AvgIpc) is 3.06. The lowest BCUT2D eigenvalue weighted by Crippen LogP contribution is -2.29. The number of Topliss-reactive ketones (excluding diaryl/α,β-unsaturated/α-hetero) is 1. The Morgan fingerprint density at radius 2 is 1.81 bits per heavy atom. The van der Waals surface area contributed by atoms with Gasteiger partial charge >= 0.3 is 0 Å². The highest BCUT2D eigenvalue weighted by Crippen LogP contribution is 2.42. The van der Waals surface area contributed by atoms with Gasteiger partial charge in [-0.05, 0) is 60.5 Å². The fraction of sp³-hybridized carbons (Fsp3) is 0.160. The van der Waals surface area contributed by atoms with Crippen molar-refractivity contribution in [3.05, 3.63) is 93.7 Å². The summed E-state index contributed by atoms with van der Waals surface area (Å²) >= 11 is 3.45. The largest absolute Gasteiger partial charge is 0.507 e. The summed E-state index contributed by atoms with van der Waals surface area (Å²) in [6.45, 7) is 1.89. The summed E-state index contributed by atoms with van der Waals surface area (Å²) in [6, 6.07) is 15.4. The SMILES string of the molecule is Cc1cc(/C(O)=C2/C(=O)C(=O)N(c3ccc(N(C)C)cc3)C2c2cccnc2)ccc1Br. The third-order valence-electron chi connectivity index (χ3n) is 5.52. The molecule has 1 atom stereocenters. The molecule has 1 aliphatic rings. The molecule has 2 aromatic carbocycles. The highest BCUT2D eigenvalue weighted by Gasteiger charge is 2.47. The number of carbonyl (C=O) groups excluding carboxylic acids is 2. The number of ketones is 1. The van der Waals surface area contributed by atoms with Gasteiger partial charge in [0.1, 0.15) is 5.76 Å². The first-order valence-corrected chi connectivity index (χ1v) is 10.8. The summed E-state index contributed by atoms with van der Waals surface area (Å²) in [5.41, 5.74) is 3.59. The van der Waals surface area contributed by atoms with Crippen molar-refractivity contribution in [1.29, 1.82) is 0 Å². The third kappa shape index (κ3) is 3.80. The molecule has 0 bridgehead atoms. The third-order valence-corrected chi connectivity index (χ3v) is 6.41. The molecule has 1 unspecified atom stereocenters. The van der Waals surface area contributed by atoms with E-state index in [-0.39, 0.29) is 11.3 Å². The van der Waals surface area contributed by atoms with E-state index in [4.69, 9.17) is 0 Å². The number of aromatic nitrogens is 1. The van der Waals surface area contributed by atoms with Crippen LogP contribution in [0.2, 0.25) is 0 Å². The second-order valence-corrected chi connectivity index (χ2v) is 8.68. The molecule has 4 rings (SSSR count). The summed E-state index contributed by atoms with van der Waals surface area (Å²) < 4.78 is 0.888. The van der Waals surface area contributed by atoms with Gasteiger partial charge in [0.25, 0.3) is 11.7 Å². The maximum atomic E-state index is 13.2. The molecular formula is C25H22BrN3O3. The van der Waals surface area contributed by atoms with Crippen LogP contribution in [-0.4, -0.2) is 35.9 Å². The topological polar surface area (TPSA) is 73.7 Å². The fourth-order valence-electron chi connectivity index (χ4n) is 3.81. The lowest BCUT2D eigenvalue weighted by atomic mass is 9.95. The summed E-state index contributed by atoms with van der Waals surface area (Å²) in [5.74, 6) is -1.62. The van der Waals surface area contributed by atoms with Crippen molar-refractivity contribution in [2.75, 3.05) is 23.9 Å². The molecule has 0 saturated carbocycles. The number of benzene rings is 2. The molecule has 162 valence electrons. The second kappa shape index (κ2) is 8.59. The lowest BCUT2D eigenvalue weighted by Gasteiger charge is -2.25. The molecule has 2 heterocycles. The minimum Gasteiger partial charge on any atom is -0.507 e. The number of pyridine rings is 1. The van der Waals surface area contributed by atoms with Crippen molar-refractivity contribution < 1.29 is 14.7 Å². The van der Waals surface area contributed by atoms with E-state index >= 15 is 0 Å². The van der Waals surface area contributed by atoms with Crippen LogP contribution in [-0.2, 0) is 9.59 Å². The maximum absolute atomic E-state index is 13.2. The highest BCUT2D eigenvalue weighted by atomic mass is 79.9. The number of hydrogen-bond donors (Lipinski definition) is 1. The minimum atomic E-state index is -0.794. The van der Waals surface area contributed by atoms with Crippen molar-refractivity contribution in [3.8, 4) is 0 Å². The quantitative estimate of drug-likeness (QED) is 0.321. The van der Waals surface area contributed by atoms with Gasteiger partial charge in [0.05, 0.1) is 11.6 Å². The van der Waals surface area contributed by atoms with Gasteiger partial charge < -0.3 is 10.0 Å². The Kier molecular flexibility index (Phi) is 5.84. The molecule has 1 saturated heterocycles. The molecule has 1 aliphatic heterocycles. The van der Waals surface area contributed by atoms with E-state index in [0.29, 0.717) is 16.8 Å². The molecule has 7 heteroatoms. The Bertz CT molecular complexity index is 1220. The zero-order chi connectivity index (χ0) is 23.0. The van der Waals surface area contributed by atoms with Gasteiger partial charge in [-0.2, -0.15) is 0 Å². The number of aliphatic hydroxyl groups excluding tert-OH is 1. The molecule has 1 amide bonds. The first kappa shape index (κ1) is 21.8. The number of nitrogens with zero attached hydrogens (tertiary/aromatic N) is 3. The maximum Gasteiger partial charge on any atom is 0.300 e. The van der Waals surface area contributed by atoms with Crippen molar-refractivity contribution in [3.63, 3.8) is 0 Å². The normalized spacial score (nSPS) is 17.6. The first-order valence-electron chi connectivity index (χ1n) is 10.0. The standard InChI is InChI=1S/C25H22BrN3O3/c1-15-13-16(6-11-20(15)26)23(30)21-22(17-5-4-12-27-14-17)29(25(32)24(21)31)19-9-7-18(8-10-19)28(2)3/h4-14,22,30H,1-3H3/b23-21-. The molecule has 1 fully saturated rings. The van der Waals surface area contributed by atoms with E-state index in [0.717, 1.165) is 15.7 Å². The molecule has 6 nitrogen and oxygen atoms in total. The number of amides is 1. The molecule has 0 spiro atoms. The number of rotatable bonds is 4. The van der Waals surface area contributed by atoms with Gasteiger partial charge in [0.2, 0.25) is 0 Å². The number of hydrogen-bond acceptors (Lipinski definition) is 5. The van der Waals surface area contributed by atoms with E-state index in [1.165, 1.54) is 4.90 Å². The molecule has 0 radical (unpaired) electrons. The summed E-state index contributed by atoms with van der Waals surface area (Å²) in [5, 5.41) is 11.2. The van der Waals surface area contributed by atoms with Crippen LogP contribution in [0.5, 0.6) is 0 Å². The lowest BCUT2D eigenvalue weighted by molar-refractivity contribution is -0.132. The minimum absolute atomic E-state index is 0.0430. The smallest absolute Gasteiger partial charge is 0.300 e. The van der Waals surface area contributed by atoms with Crippen molar-refractivity contribution in [1.82, 2.24) is 4.98 Å². The number of carbonyl (C=O) groups is 2. The van der Waals surface area contributed by atoms with Gasteiger partial charge in [0.15, 0.2) is 0 Å². The Labute approximate surface area is 194 Å². The van der Waals surface area contributed by atoms with Gasteiger partial charge in [0, 0.05) is 47.9 Å². The van der Waals surface area contributed by atoms with Crippen LogP contribution in [0.4, 0.5) is 11.4 Å². The molecule has 0 aliphatic carbocycles. The number of anilines is 2. The van der Waals surface area contributed by atoms with Crippen LogP contribution in [0, 0.1) is 6.92 Å². The van der Waals surface area contributed by atoms with Gasteiger partial charge in [-0.1, -0.05) is 28.1 Å². The monoisotopic (exact) mass is 491 g/mol. The van der Waals surface area contributed by atoms with Crippen LogP contribution in [0.1, 0.15) is 22.7 Å². The van der Waals surface area contributed by atoms with Crippen molar-refractivity contribution in [2.24, 2.45) is 0 Å². The highest BCUT2D eigenvalue weighted by molar-refractivity contribution is 9.10. The average molecular weight is 492 g/mol. The Hall–Kier alpha value is -3.45. The first-order chi connectivity index (χ1) is 15.3. The van der Waals surface area contributed by atoms with Crippen molar-refractivity contribution in [2.45, 2.75) is 13.0 Å². The molecule has 32 heavy (non-hydrogen) atoms. The van der Waals surface area contributed by atoms with E-state index in [1.807, 2.05) is 38.1 Å². The van der Waals surface area contributed by atoms with Crippen molar-refractivity contribution >= 4 is 44.8 Å². The van der Waals surface area contributed by atoms with Crippen LogP contribution in [0.15, 0.2) is 77.0 Å². The summed E-state index contributed by atoms with van der Waals surface area (Å²) in [7, 11) is 3.86. The van der Waals surface area contributed by atoms with Crippen LogP contribution >= 0.6 is 15.9 Å². The molecule has 1 aromatic heterocycles. The van der Waals surface area contributed by atoms with E-state index < -0.39 is 17.7 Å². The van der Waals surface area contributed by atoms with E-state index in [2.05, 4.69) is 20.9 Å². The fourth-order valence-corrected chi connectivity index (χ4v) is 4.06. The Balaban J connectivity index is 1.90. The zero-order valence-electron chi connectivity index (χ0n) is 17.9. The van der Waals surface area contributed by atoms with Crippen LogP contribution in [0.3, 0.4) is 0 Å². The number of halogens is 1. The van der Waals surface area contributed by atoms with E-state index in [1.54, 1.807) is 54.9 Å². The van der Waals surface area contributed by atoms with Crippen LogP contribution < -0.4 is 9.80 Å². The Morgan fingerprint density at radius 1 is 1.09 bits per heavy atom. The van der Waals surface area contributed by atoms with Gasteiger partial charge in [-0.15, -0.1) is 0 Å². The Morgan fingerprint density at radius 3 is 2.41 bits per heavy atom. The number of aryl methyl sites for hydroxylation is 1. The van der Waals surface area contributed by atoms with Crippen LogP contribution in [0.25, 0.3) is 5.76 Å². The molecular weight excluding hydrogens is 470 g/mol. The van der Waals surface area contributed by atoms with Gasteiger partial charge in [-0.3, -0.25) is 19.5 Å². The van der Waals surface area contributed by atoms with Gasteiger partial charge in [-0.25, -0.2) is 0 Å².